The molecule has 0 N–H and O–H groups in total. The van der Waals surface area contributed by atoms with Crippen LogP contribution >= 0.6 is 0 Å². The lowest BCUT2D eigenvalue weighted by Crippen LogP contribution is -2.47. The lowest BCUT2D eigenvalue weighted by Gasteiger charge is -2.32. The van der Waals surface area contributed by atoms with Crippen LogP contribution in [0.15, 0.2) is 11.8 Å². The quantitative estimate of drug-likeness (QED) is 0.558. The molecular weight excluding hydrogens is 216 g/mol. The number of allylic oxidation sites excluding steroid dienone is 1. The number of nitrogens with zero attached hydrogens (tertiary/aromatic N) is 2. The molecule has 0 unspecified atom stereocenters. The van der Waals surface area contributed by atoms with Crippen molar-refractivity contribution in [1.82, 2.24) is 9.80 Å². The Kier molecular flexibility index (Phi) is 8.50. The number of ether oxygens (including phenoxy) is 1. The molecule has 100 valence electrons. The van der Waals surface area contributed by atoms with Crippen LogP contribution in [0.2, 0.25) is 0 Å². The summed E-state index contributed by atoms with van der Waals surface area (Å²) in [7, 11) is 2.07. The molecule has 0 saturated carbocycles. The Morgan fingerprint density at radius 3 is 2.18 bits per heavy atom. The first-order valence-electron chi connectivity index (χ1n) is 6.46. The van der Waals surface area contributed by atoms with Gasteiger partial charge in [0.1, 0.15) is 0 Å². The van der Waals surface area contributed by atoms with Crippen LogP contribution in [0.3, 0.4) is 0 Å². The monoisotopic (exact) mass is 242 g/mol. The average molecular weight is 242 g/mol. The summed E-state index contributed by atoms with van der Waals surface area (Å²) in [4.78, 5) is 16.0. The van der Waals surface area contributed by atoms with Gasteiger partial charge < -0.3 is 14.5 Å². The van der Waals surface area contributed by atoms with E-state index in [9.17, 15) is 4.79 Å². The fourth-order valence-electron chi connectivity index (χ4n) is 1.59. The number of carbonyl (C=O) groups is 1. The predicted octanol–water partition coefficient (Wildman–Crippen LogP) is 1.73. The van der Waals surface area contributed by atoms with Crippen molar-refractivity contribution in [2.45, 2.75) is 27.7 Å². The highest BCUT2D eigenvalue weighted by atomic mass is 16.5. The minimum Gasteiger partial charge on any atom is -0.488 e. The van der Waals surface area contributed by atoms with Crippen molar-refractivity contribution in [2.75, 3.05) is 39.8 Å². The number of likely N-dealkylation sites (N-methyl/N-ethyl adjacent to an activating group) is 1. The van der Waals surface area contributed by atoms with Gasteiger partial charge >= 0.3 is 0 Å². The van der Waals surface area contributed by atoms with Gasteiger partial charge in [-0.15, -0.1) is 0 Å². The topological polar surface area (TPSA) is 32.8 Å². The van der Waals surface area contributed by atoms with Crippen molar-refractivity contribution in [2.24, 2.45) is 0 Å². The first kappa shape index (κ1) is 16.0. The smallest absolute Gasteiger partial charge is 0.288 e. The molecule has 0 aliphatic carbocycles. The Balaban J connectivity index is 0.00000121. The van der Waals surface area contributed by atoms with Crippen LogP contribution in [0.1, 0.15) is 27.7 Å². The van der Waals surface area contributed by atoms with E-state index in [2.05, 4.69) is 11.9 Å². The first-order chi connectivity index (χ1) is 8.19. The molecule has 1 saturated heterocycles. The van der Waals surface area contributed by atoms with E-state index in [0.717, 1.165) is 26.2 Å². The third-order valence-corrected chi connectivity index (χ3v) is 2.56. The molecule has 0 atom stereocenters. The van der Waals surface area contributed by atoms with Gasteiger partial charge in [0.2, 0.25) is 0 Å². The number of carbonyl (C=O) groups excluding carboxylic acids is 1. The highest BCUT2D eigenvalue weighted by Gasteiger charge is 2.22. The lowest BCUT2D eigenvalue weighted by molar-refractivity contribution is -0.132. The summed E-state index contributed by atoms with van der Waals surface area (Å²) in [6.07, 6.45) is 1.74. The summed E-state index contributed by atoms with van der Waals surface area (Å²) in [5.41, 5.74) is 0. The number of hydrogen-bond donors (Lipinski definition) is 0. The standard InChI is InChI=1S/C11H20N2O2.C2H6/c1-4-10(15-5-2)11(14)13-8-6-12(3)7-9-13;1-2/h4H,5-9H2,1-3H3;1-2H3/b10-4-;. The van der Waals surface area contributed by atoms with Gasteiger partial charge in [-0.2, -0.15) is 0 Å². The molecular formula is C13H26N2O2. The molecule has 0 aromatic heterocycles. The lowest BCUT2D eigenvalue weighted by atomic mass is 10.3. The number of amides is 1. The van der Waals surface area contributed by atoms with E-state index in [1.165, 1.54) is 0 Å². The van der Waals surface area contributed by atoms with E-state index in [-0.39, 0.29) is 5.91 Å². The van der Waals surface area contributed by atoms with Crippen LogP contribution in [0.25, 0.3) is 0 Å². The Morgan fingerprint density at radius 1 is 1.24 bits per heavy atom. The van der Waals surface area contributed by atoms with Crippen molar-refractivity contribution in [3.05, 3.63) is 11.8 Å². The second-order valence-electron chi connectivity index (χ2n) is 3.68. The zero-order valence-corrected chi connectivity index (χ0v) is 11.8. The van der Waals surface area contributed by atoms with Gasteiger partial charge in [0.25, 0.3) is 5.91 Å². The van der Waals surface area contributed by atoms with Gasteiger partial charge in [-0.1, -0.05) is 13.8 Å². The van der Waals surface area contributed by atoms with Gasteiger partial charge in [-0.3, -0.25) is 4.79 Å². The predicted molar refractivity (Wildman–Crippen MR) is 70.8 cm³/mol. The van der Waals surface area contributed by atoms with E-state index in [4.69, 9.17) is 4.74 Å². The van der Waals surface area contributed by atoms with E-state index in [1.54, 1.807) is 6.08 Å². The largest absolute Gasteiger partial charge is 0.488 e. The van der Waals surface area contributed by atoms with Crippen molar-refractivity contribution >= 4 is 5.91 Å². The SMILES string of the molecule is C/C=C(\OCC)C(=O)N1CCN(C)CC1.CC. The van der Waals surface area contributed by atoms with Gasteiger partial charge in [0.15, 0.2) is 5.76 Å². The fourth-order valence-corrected chi connectivity index (χ4v) is 1.59. The summed E-state index contributed by atoms with van der Waals surface area (Å²) in [5.74, 6) is 0.495. The van der Waals surface area contributed by atoms with E-state index < -0.39 is 0 Å². The Morgan fingerprint density at radius 2 is 1.76 bits per heavy atom. The van der Waals surface area contributed by atoms with Crippen LogP contribution in [0, 0.1) is 0 Å². The second-order valence-corrected chi connectivity index (χ2v) is 3.68. The summed E-state index contributed by atoms with van der Waals surface area (Å²) in [5, 5.41) is 0. The first-order valence-corrected chi connectivity index (χ1v) is 6.46. The zero-order valence-electron chi connectivity index (χ0n) is 11.8. The minimum atomic E-state index is 0.0208. The summed E-state index contributed by atoms with van der Waals surface area (Å²) in [6, 6.07) is 0. The van der Waals surface area contributed by atoms with Crippen LogP contribution in [0.4, 0.5) is 0 Å². The van der Waals surface area contributed by atoms with E-state index in [0.29, 0.717) is 12.4 Å². The Hall–Kier alpha value is -1.03. The normalized spacial score (nSPS) is 17.2. The van der Waals surface area contributed by atoms with Crippen molar-refractivity contribution in [1.29, 1.82) is 0 Å². The molecule has 1 amide bonds. The summed E-state index contributed by atoms with van der Waals surface area (Å²) >= 11 is 0. The molecule has 0 aromatic carbocycles. The minimum absolute atomic E-state index is 0.0208. The third kappa shape index (κ3) is 5.22. The highest BCUT2D eigenvalue weighted by Crippen LogP contribution is 2.07. The maximum atomic E-state index is 11.9. The van der Waals surface area contributed by atoms with Gasteiger partial charge in [-0.05, 0) is 27.0 Å². The molecule has 0 spiro atoms. The highest BCUT2D eigenvalue weighted by molar-refractivity contribution is 5.91. The average Bonchev–Trinajstić information content (AvgIpc) is 2.38. The van der Waals surface area contributed by atoms with Crippen molar-refractivity contribution in [3.63, 3.8) is 0 Å². The third-order valence-electron chi connectivity index (χ3n) is 2.56. The van der Waals surface area contributed by atoms with Gasteiger partial charge in [-0.25, -0.2) is 0 Å². The van der Waals surface area contributed by atoms with Gasteiger partial charge in [0, 0.05) is 26.2 Å². The van der Waals surface area contributed by atoms with E-state index >= 15 is 0 Å². The Labute approximate surface area is 105 Å². The molecule has 0 aromatic rings. The number of hydrogen-bond acceptors (Lipinski definition) is 3. The summed E-state index contributed by atoms with van der Waals surface area (Å²) < 4.78 is 5.29. The van der Waals surface area contributed by atoms with Crippen molar-refractivity contribution in [3.8, 4) is 0 Å². The summed E-state index contributed by atoms with van der Waals surface area (Å²) in [6.45, 7) is 11.7. The molecule has 4 heteroatoms. The molecule has 1 fully saturated rings. The fraction of sp³-hybridized carbons (Fsp3) is 0.769. The second kappa shape index (κ2) is 9.05. The van der Waals surface area contributed by atoms with E-state index in [1.807, 2.05) is 32.6 Å². The van der Waals surface area contributed by atoms with Crippen LogP contribution in [-0.2, 0) is 9.53 Å². The molecule has 17 heavy (non-hydrogen) atoms. The molecule has 4 nitrogen and oxygen atoms in total. The molecule has 1 heterocycles. The number of rotatable bonds is 3. The number of piperazine rings is 1. The van der Waals surface area contributed by atoms with Crippen LogP contribution in [-0.4, -0.2) is 55.5 Å². The van der Waals surface area contributed by atoms with Crippen LogP contribution < -0.4 is 0 Å². The maximum Gasteiger partial charge on any atom is 0.288 e. The molecule has 1 rings (SSSR count). The van der Waals surface area contributed by atoms with Crippen LogP contribution in [0.5, 0.6) is 0 Å². The molecule has 0 bridgehead atoms. The molecule has 1 aliphatic heterocycles. The zero-order chi connectivity index (χ0) is 13.3. The van der Waals surface area contributed by atoms with Gasteiger partial charge in [0.05, 0.1) is 6.61 Å². The maximum absolute atomic E-state index is 11.9. The van der Waals surface area contributed by atoms with Crippen molar-refractivity contribution < 1.29 is 9.53 Å². The molecule has 1 aliphatic rings. The Bertz CT molecular complexity index is 244. The molecule has 0 radical (unpaired) electrons.